The lowest BCUT2D eigenvalue weighted by molar-refractivity contribution is 0.0702. The molecule has 4 aromatic heterocycles. The summed E-state index contributed by atoms with van der Waals surface area (Å²) in [5.74, 6) is -0.0295. The highest BCUT2D eigenvalue weighted by Crippen LogP contribution is 2.28. The van der Waals surface area contributed by atoms with Crippen molar-refractivity contribution in [2.24, 2.45) is 0 Å². The van der Waals surface area contributed by atoms with Crippen LogP contribution in [0.4, 0.5) is 13.2 Å². The molecule has 0 atom stereocenters. The number of piperidine rings is 1. The van der Waals surface area contributed by atoms with Crippen LogP contribution < -0.4 is 5.69 Å². The van der Waals surface area contributed by atoms with Crippen molar-refractivity contribution in [3.05, 3.63) is 70.7 Å². The molecule has 0 amide bonds. The third kappa shape index (κ3) is 4.37. The van der Waals surface area contributed by atoms with Crippen molar-refractivity contribution in [3.8, 4) is 11.5 Å². The van der Waals surface area contributed by atoms with E-state index in [2.05, 4.69) is 25.0 Å². The molecule has 1 fully saturated rings. The Balaban J connectivity index is 1.34. The molecule has 1 N–H and O–H groups in total. The number of fused-ring (bicyclic) bond motifs is 2. The van der Waals surface area contributed by atoms with Gasteiger partial charge in [0.05, 0.1) is 24.7 Å². The van der Waals surface area contributed by atoms with E-state index in [1.165, 1.54) is 6.07 Å². The number of hydrogen-bond acceptors (Lipinski definition) is 6. The van der Waals surface area contributed by atoms with Crippen LogP contribution in [-0.2, 0) is 6.54 Å². The van der Waals surface area contributed by atoms with E-state index in [4.69, 9.17) is 0 Å². The maximum absolute atomic E-state index is 14.3. The summed E-state index contributed by atoms with van der Waals surface area (Å²) in [6.07, 6.45) is 2.01. The Morgan fingerprint density at radius 1 is 1.08 bits per heavy atom. The fourth-order valence-corrected chi connectivity index (χ4v) is 5.02. The van der Waals surface area contributed by atoms with Crippen molar-refractivity contribution in [3.63, 3.8) is 0 Å². The molecule has 0 radical (unpaired) electrons. The molecule has 5 heterocycles. The first-order valence-electron chi connectivity index (χ1n) is 12.0. The maximum Gasteiger partial charge on any atom is 0.327 e. The summed E-state index contributed by atoms with van der Waals surface area (Å²) in [4.78, 5) is 30.9. The van der Waals surface area contributed by atoms with Crippen molar-refractivity contribution in [1.29, 1.82) is 0 Å². The van der Waals surface area contributed by atoms with Crippen LogP contribution in [0, 0.1) is 5.82 Å². The molecular formula is C25H23F3N8O. The first-order chi connectivity index (χ1) is 18.0. The zero-order valence-corrected chi connectivity index (χ0v) is 19.7. The van der Waals surface area contributed by atoms with Gasteiger partial charge in [-0.3, -0.25) is 14.5 Å². The molecular weight excluding hydrogens is 485 g/mol. The predicted molar refractivity (Wildman–Crippen MR) is 131 cm³/mol. The lowest BCUT2D eigenvalue weighted by Gasteiger charge is -2.32. The van der Waals surface area contributed by atoms with Gasteiger partial charge in [-0.15, -0.1) is 0 Å². The number of pyridine rings is 1. The van der Waals surface area contributed by atoms with E-state index < -0.39 is 6.43 Å². The van der Waals surface area contributed by atoms with Crippen molar-refractivity contribution >= 4 is 22.2 Å². The molecule has 190 valence electrons. The van der Waals surface area contributed by atoms with Crippen molar-refractivity contribution in [2.45, 2.75) is 31.9 Å². The summed E-state index contributed by atoms with van der Waals surface area (Å²) in [5.41, 5.74) is 2.10. The summed E-state index contributed by atoms with van der Waals surface area (Å²) in [6, 6.07) is 9.98. The van der Waals surface area contributed by atoms with Crippen molar-refractivity contribution in [1.82, 2.24) is 39.2 Å². The van der Waals surface area contributed by atoms with E-state index in [-0.39, 0.29) is 30.6 Å². The third-order valence-electron chi connectivity index (χ3n) is 6.79. The van der Waals surface area contributed by atoms with Gasteiger partial charge in [-0.2, -0.15) is 5.10 Å². The highest BCUT2D eigenvalue weighted by atomic mass is 19.3. The van der Waals surface area contributed by atoms with E-state index in [9.17, 15) is 18.0 Å². The number of aromatic amines is 1. The van der Waals surface area contributed by atoms with Gasteiger partial charge in [-0.25, -0.2) is 37.6 Å². The third-order valence-corrected chi connectivity index (χ3v) is 6.79. The average molecular weight is 509 g/mol. The summed E-state index contributed by atoms with van der Waals surface area (Å²) < 4.78 is 43.0. The molecule has 1 aromatic carbocycles. The summed E-state index contributed by atoms with van der Waals surface area (Å²) in [6.45, 7) is 0.908. The quantitative estimate of drug-likeness (QED) is 0.376. The molecule has 0 aliphatic carbocycles. The molecule has 6 rings (SSSR count). The number of likely N-dealkylation sites (tertiary alicyclic amines) is 1. The standard InChI is InChI=1S/C25H23F3N8O/c26-18-6-2-1-4-15(18)13-35-24-17(5-3-9-29-24)21(33-35)23-30-12-19-22(31-23)32-25(37)36(19)16-7-10-34(11-8-16)14-20(27)28/h1-6,9,12,16,20H,7-8,10-11,13-14H2,(H,30,31,32,37). The van der Waals surface area contributed by atoms with Crippen LogP contribution in [0.25, 0.3) is 33.7 Å². The number of nitrogens with one attached hydrogen (secondary N) is 1. The van der Waals surface area contributed by atoms with E-state index in [0.717, 1.165) is 0 Å². The average Bonchev–Trinajstić information content (AvgIpc) is 3.42. The van der Waals surface area contributed by atoms with Crippen LogP contribution in [0.1, 0.15) is 24.4 Å². The second-order valence-corrected chi connectivity index (χ2v) is 9.12. The minimum Gasteiger partial charge on any atom is -0.298 e. The van der Waals surface area contributed by atoms with E-state index in [1.807, 2.05) is 6.07 Å². The lowest BCUT2D eigenvalue weighted by atomic mass is 10.0. The SMILES string of the molecule is O=c1[nH]c2nc(-c3nn(Cc4ccccc4F)c4ncccc34)ncc2n1C1CCN(CC(F)F)CC1. The highest BCUT2D eigenvalue weighted by molar-refractivity contribution is 5.90. The first-order valence-corrected chi connectivity index (χ1v) is 12.0. The molecule has 0 spiro atoms. The zero-order chi connectivity index (χ0) is 25.5. The Morgan fingerprint density at radius 3 is 2.68 bits per heavy atom. The molecule has 12 heteroatoms. The monoisotopic (exact) mass is 508 g/mol. The van der Waals surface area contributed by atoms with Crippen LogP contribution in [-0.4, -0.2) is 65.2 Å². The van der Waals surface area contributed by atoms with Crippen LogP contribution in [0.15, 0.2) is 53.6 Å². The molecule has 0 unspecified atom stereocenters. The van der Waals surface area contributed by atoms with Crippen molar-refractivity contribution in [2.75, 3.05) is 19.6 Å². The van der Waals surface area contributed by atoms with Gasteiger partial charge in [0.15, 0.2) is 17.1 Å². The van der Waals surface area contributed by atoms with Gasteiger partial charge < -0.3 is 0 Å². The smallest absolute Gasteiger partial charge is 0.298 e. The summed E-state index contributed by atoms with van der Waals surface area (Å²) in [7, 11) is 0. The summed E-state index contributed by atoms with van der Waals surface area (Å²) in [5, 5.41) is 5.35. The van der Waals surface area contributed by atoms with Gasteiger partial charge in [-0.1, -0.05) is 18.2 Å². The number of alkyl halides is 2. The number of H-pyrrole nitrogens is 1. The number of hydrogen-bond donors (Lipinski definition) is 1. The summed E-state index contributed by atoms with van der Waals surface area (Å²) >= 11 is 0. The predicted octanol–water partition coefficient (Wildman–Crippen LogP) is 3.62. The van der Waals surface area contributed by atoms with Gasteiger partial charge >= 0.3 is 5.69 Å². The van der Waals surface area contributed by atoms with Gasteiger partial charge in [0.25, 0.3) is 6.43 Å². The molecule has 5 aromatic rings. The van der Waals surface area contributed by atoms with E-state index in [0.29, 0.717) is 65.2 Å². The number of rotatable bonds is 6. The number of nitrogens with zero attached hydrogens (tertiary/aromatic N) is 7. The molecule has 1 aliphatic rings. The zero-order valence-electron chi connectivity index (χ0n) is 19.7. The van der Waals surface area contributed by atoms with Crippen LogP contribution in [0.3, 0.4) is 0 Å². The minimum atomic E-state index is -2.37. The van der Waals surface area contributed by atoms with Gasteiger partial charge in [0, 0.05) is 30.9 Å². The van der Waals surface area contributed by atoms with Gasteiger partial charge in [0.2, 0.25) is 0 Å². The van der Waals surface area contributed by atoms with Crippen LogP contribution >= 0.6 is 0 Å². The number of benzene rings is 1. The van der Waals surface area contributed by atoms with Gasteiger partial charge in [-0.05, 0) is 31.0 Å². The molecule has 0 bridgehead atoms. The number of halogens is 3. The normalized spacial score (nSPS) is 15.4. The Labute approximate surface area is 208 Å². The first kappa shape index (κ1) is 23.3. The Morgan fingerprint density at radius 2 is 1.89 bits per heavy atom. The lowest BCUT2D eigenvalue weighted by Crippen LogP contribution is -2.39. The fourth-order valence-electron chi connectivity index (χ4n) is 5.02. The van der Waals surface area contributed by atoms with Crippen molar-refractivity contribution < 1.29 is 13.2 Å². The Hall–Kier alpha value is -4.06. The number of imidazole rings is 1. The largest absolute Gasteiger partial charge is 0.327 e. The Kier molecular flexibility index (Phi) is 5.95. The minimum absolute atomic E-state index is 0.130. The second-order valence-electron chi connectivity index (χ2n) is 9.12. The maximum atomic E-state index is 14.3. The molecule has 1 aliphatic heterocycles. The topological polar surface area (TPSA) is 97.5 Å². The molecule has 1 saturated heterocycles. The van der Waals surface area contributed by atoms with Gasteiger partial charge in [0.1, 0.15) is 17.0 Å². The van der Waals surface area contributed by atoms with Crippen LogP contribution in [0.5, 0.6) is 0 Å². The molecule has 37 heavy (non-hydrogen) atoms. The van der Waals surface area contributed by atoms with E-state index in [1.54, 1.807) is 50.8 Å². The number of aromatic nitrogens is 7. The second kappa shape index (κ2) is 9.43. The highest BCUT2D eigenvalue weighted by Gasteiger charge is 2.26. The molecule has 0 saturated carbocycles. The Bertz CT molecular complexity index is 1630. The van der Waals surface area contributed by atoms with Crippen LogP contribution in [0.2, 0.25) is 0 Å². The molecule has 9 nitrogen and oxygen atoms in total. The van der Waals surface area contributed by atoms with E-state index >= 15 is 0 Å². The fraction of sp³-hybridized carbons (Fsp3) is 0.320.